The van der Waals surface area contributed by atoms with Gasteiger partial charge in [-0.15, -0.1) is 5.10 Å². The Bertz CT molecular complexity index is 1020. The van der Waals surface area contributed by atoms with Crippen molar-refractivity contribution < 1.29 is 4.74 Å². The molecule has 2 aromatic heterocycles. The molecule has 0 unspecified atom stereocenters. The van der Waals surface area contributed by atoms with Gasteiger partial charge in [-0.2, -0.15) is 5.26 Å². The summed E-state index contributed by atoms with van der Waals surface area (Å²) in [5, 5.41) is 17.4. The number of para-hydroxylation sites is 1. The van der Waals surface area contributed by atoms with Crippen molar-refractivity contribution >= 4 is 21.4 Å². The Morgan fingerprint density at radius 2 is 1.92 bits per heavy atom. The molecule has 0 fully saturated rings. The fraction of sp³-hybridized carbons (Fsp3) is 0.105. The number of nitrogens with zero attached hydrogens (tertiary/aromatic N) is 4. The molecule has 2 aromatic carbocycles. The first-order valence-corrected chi connectivity index (χ1v) is 8.92. The molecule has 0 saturated carbocycles. The number of fused-ring (bicyclic) bond motifs is 1. The molecule has 26 heavy (non-hydrogen) atoms. The standard InChI is InChI=1S/C19H15N5OS/c20-12-14-6-8-15(9-7-14)17-13-24-19(22-17)26-18(23-24)21-10-11-25-16-4-2-1-3-5-16/h1-9,13H,10-11H2,(H,21,23). The number of hydrogen-bond acceptors (Lipinski definition) is 6. The van der Waals surface area contributed by atoms with E-state index in [1.54, 1.807) is 16.6 Å². The molecule has 0 spiro atoms. The molecule has 0 amide bonds. The highest BCUT2D eigenvalue weighted by atomic mass is 32.1. The Kier molecular flexibility index (Phi) is 4.50. The zero-order valence-corrected chi connectivity index (χ0v) is 14.6. The zero-order chi connectivity index (χ0) is 17.8. The third kappa shape index (κ3) is 3.50. The number of benzene rings is 2. The van der Waals surface area contributed by atoms with Gasteiger partial charge in [0.2, 0.25) is 10.1 Å². The molecular weight excluding hydrogens is 346 g/mol. The predicted molar refractivity (Wildman–Crippen MR) is 101 cm³/mol. The van der Waals surface area contributed by atoms with Crippen molar-refractivity contribution in [3.8, 4) is 23.1 Å². The first kappa shape index (κ1) is 16.1. The molecule has 0 atom stereocenters. The van der Waals surface area contributed by atoms with Gasteiger partial charge >= 0.3 is 0 Å². The van der Waals surface area contributed by atoms with E-state index < -0.39 is 0 Å². The van der Waals surface area contributed by atoms with Crippen LogP contribution in [0.2, 0.25) is 0 Å². The van der Waals surface area contributed by atoms with Crippen LogP contribution in [0.15, 0.2) is 60.8 Å². The summed E-state index contributed by atoms with van der Waals surface area (Å²) < 4.78 is 7.41. The molecule has 0 aliphatic rings. The highest BCUT2D eigenvalue weighted by molar-refractivity contribution is 7.20. The maximum absolute atomic E-state index is 8.87. The zero-order valence-electron chi connectivity index (χ0n) is 13.8. The second kappa shape index (κ2) is 7.25. The first-order valence-electron chi connectivity index (χ1n) is 8.10. The molecule has 0 bridgehead atoms. The second-order valence-corrected chi connectivity index (χ2v) is 6.49. The first-order chi connectivity index (χ1) is 12.8. The summed E-state index contributed by atoms with van der Waals surface area (Å²) >= 11 is 1.49. The number of nitriles is 1. The van der Waals surface area contributed by atoms with Crippen LogP contribution in [0.1, 0.15) is 5.56 Å². The van der Waals surface area contributed by atoms with Gasteiger partial charge in [0.15, 0.2) is 0 Å². The van der Waals surface area contributed by atoms with Crippen LogP contribution in [0.4, 0.5) is 5.13 Å². The van der Waals surface area contributed by atoms with Crippen LogP contribution in [0, 0.1) is 11.3 Å². The highest BCUT2D eigenvalue weighted by Gasteiger charge is 2.09. The van der Waals surface area contributed by atoms with E-state index in [-0.39, 0.29) is 0 Å². The topological polar surface area (TPSA) is 75.2 Å². The van der Waals surface area contributed by atoms with Gasteiger partial charge in [-0.3, -0.25) is 0 Å². The quantitative estimate of drug-likeness (QED) is 0.528. The summed E-state index contributed by atoms with van der Waals surface area (Å²) in [7, 11) is 0. The normalized spacial score (nSPS) is 10.6. The number of hydrogen-bond donors (Lipinski definition) is 1. The average molecular weight is 361 g/mol. The number of imidazole rings is 1. The molecule has 128 valence electrons. The number of ether oxygens (including phenoxy) is 1. The number of aromatic nitrogens is 3. The van der Waals surface area contributed by atoms with E-state index in [0.29, 0.717) is 18.7 Å². The van der Waals surface area contributed by atoms with Crippen LogP contribution in [0.3, 0.4) is 0 Å². The average Bonchev–Trinajstić information content (AvgIpc) is 3.25. The lowest BCUT2D eigenvalue weighted by atomic mass is 10.1. The second-order valence-electron chi connectivity index (χ2n) is 5.54. The number of rotatable bonds is 6. The Hall–Kier alpha value is -3.37. The van der Waals surface area contributed by atoms with Gasteiger partial charge in [0.05, 0.1) is 30.1 Å². The van der Waals surface area contributed by atoms with Gasteiger partial charge < -0.3 is 10.1 Å². The van der Waals surface area contributed by atoms with Crippen molar-refractivity contribution in [1.29, 1.82) is 5.26 Å². The Morgan fingerprint density at radius 1 is 1.12 bits per heavy atom. The molecule has 6 nitrogen and oxygen atoms in total. The summed E-state index contributed by atoms with van der Waals surface area (Å²) in [5.74, 6) is 0.857. The third-order valence-electron chi connectivity index (χ3n) is 3.74. The molecule has 7 heteroatoms. The molecule has 0 aliphatic heterocycles. The molecule has 0 radical (unpaired) electrons. The van der Waals surface area contributed by atoms with Gasteiger partial charge in [0, 0.05) is 5.56 Å². The van der Waals surface area contributed by atoms with Gasteiger partial charge in [0.1, 0.15) is 12.4 Å². The molecule has 4 rings (SSSR count). The van der Waals surface area contributed by atoms with Gasteiger partial charge in [0.25, 0.3) is 0 Å². The fourth-order valence-electron chi connectivity index (χ4n) is 2.47. The summed E-state index contributed by atoms with van der Waals surface area (Å²) in [4.78, 5) is 5.42. The van der Waals surface area contributed by atoms with Crippen molar-refractivity contribution in [2.75, 3.05) is 18.5 Å². The summed E-state index contributed by atoms with van der Waals surface area (Å²) in [6.07, 6.45) is 1.89. The van der Waals surface area contributed by atoms with E-state index in [1.165, 1.54) is 11.3 Å². The summed E-state index contributed by atoms with van der Waals surface area (Å²) in [6, 6.07) is 19.2. The van der Waals surface area contributed by atoms with E-state index in [9.17, 15) is 0 Å². The van der Waals surface area contributed by atoms with Crippen molar-refractivity contribution in [2.45, 2.75) is 0 Å². The Labute approximate surface area is 154 Å². The van der Waals surface area contributed by atoms with Crippen molar-refractivity contribution in [1.82, 2.24) is 14.6 Å². The molecule has 4 aromatic rings. The minimum atomic E-state index is 0.558. The maximum Gasteiger partial charge on any atom is 0.214 e. The summed E-state index contributed by atoms with van der Waals surface area (Å²) in [5.41, 5.74) is 2.44. The van der Waals surface area contributed by atoms with Crippen molar-refractivity contribution in [3.63, 3.8) is 0 Å². The van der Waals surface area contributed by atoms with Crippen LogP contribution >= 0.6 is 11.3 Å². The fourth-order valence-corrected chi connectivity index (χ4v) is 3.28. The van der Waals surface area contributed by atoms with Crippen LogP contribution in [0.25, 0.3) is 16.2 Å². The largest absolute Gasteiger partial charge is 0.492 e. The van der Waals surface area contributed by atoms with Gasteiger partial charge in [-0.1, -0.05) is 41.7 Å². The third-order valence-corrected chi connectivity index (χ3v) is 4.62. The Balaban J connectivity index is 1.37. The van der Waals surface area contributed by atoms with E-state index in [0.717, 1.165) is 27.1 Å². The van der Waals surface area contributed by atoms with Crippen LogP contribution in [-0.4, -0.2) is 27.7 Å². The van der Waals surface area contributed by atoms with Crippen LogP contribution < -0.4 is 10.1 Å². The lowest BCUT2D eigenvalue weighted by Gasteiger charge is -2.05. The van der Waals surface area contributed by atoms with Crippen molar-refractivity contribution in [2.24, 2.45) is 0 Å². The highest BCUT2D eigenvalue weighted by Crippen LogP contribution is 2.24. The predicted octanol–water partition coefficient (Wildman–Crippen LogP) is 3.82. The number of anilines is 1. The Morgan fingerprint density at radius 3 is 2.65 bits per heavy atom. The maximum atomic E-state index is 8.87. The lowest BCUT2D eigenvalue weighted by molar-refractivity contribution is 0.333. The monoisotopic (exact) mass is 361 g/mol. The van der Waals surface area contributed by atoms with Crippen molar-refractivity contribution in [3.05, 3.63) is 66.4 Å². The molecule has 0 aliphatic carbocycles. The van der Waals surface area contributed by atoms with Crippen LogP contribution in [-0.2, 0) is 0 Å². The van der Waals surface area contributed by atoms with E-state index in [4.69, 9.17) is 10.00 Å². The van der Waals surface area contributed by atoms with E-state index in [1.807, 2.05) is 48.7 Å². The minimum Gasteiger partial charge on any atom is -0.492 e. The summed E-state index contributed by atoms with van der Waals surface area (Å²) in [6.45, 7) is 1.22. The lowest BCUT2D eigenvalue weighted by Crippen LogP contribution is -2.11. The molecule has 2 heterocycles. The number of nitrogens with one attached hydrogen (secondary N) is 1. The molecule has 1 N–H and O–H groups in total. The van der Waals surface area contributed by atoms with Crippen LogP contribution in [0.5, 0.6) is 5.75 Å². The van der Waals surface area contributed by atoms with Gasteiger partial charge in [-0.05, 0) is 24.3 Å². The van der Waals surface area contributed by atoms with Gasteiger partial charge in [-0.25, -0.2) is 9.50 Å². The smallest absolute Gasteiger partial charge is 0.214 e. The minimum absolute atomic E-state index is 0.558. The molecular formula is C19H15N5OS. The van der Waals surface area contributed by atoms with E-state index in [2.05, 4.69) is 21.5 Å². The van der Waals surface area contributed by atoms with E-state index >= 15 is 0 Å². The molecule has 0 saturated heterocycles. The SMILES string of the molecule is N#Cc1ccc(-c2cn3nc(NCCOc4ccccc4)sc3n2)cc1.